The molecule has 0 saturated heterocycles. The van der Waals surface area contributed by atoms with Gasteiger partial charge in [0.15, 0.2) is 0 Å². The molecule has 94 valence electrons. The van der Waals surface area contributed by atoms with E-state index in [1.807, 2.05) is 13.8 Å². The van der Waals surface area contributed by atoms with Crippen LogP contribution in [-0.4, -0.2) is 29.2 Å². The van der Waals surface area contributed by atoms with E-state index in [2.05, 4.69) is 20.3 Å². The van der Waals surface area contributed by atoms with E-state index in [9.17, 15) is 9.59 Å². The second kappa shape index (κ2) is 6.03. The number of carbonyl (C=O) groups excluding carboxylic acids is 2. The first kappa shape index (κ1) is 13.2. The number of amides is 1. The number of hydrogen-bond donors (Lipinski definition) is 2. The van der Waals surface area contributed by atoms with E-state index in [4.69, 9.17) is 0 Å². The average Bonchev–Trinajstić information content (AvgIpc) is 2.63. The number of rotatable bonds is 5. The minimum atomic E-state index is -0.379. The molecule has 1 rings (SSSR count). The Morgan fingerprint density at radius 1 is 1.35 bits per heavy atom. The Bertz CT molecular complexity index is 393. The van der Waals surface area contributed by atoms with Gasteiger partial charge >= 0.3 is 5.97 Å². The first-order valence-corrected chi connectivity index (χ1v) is 5.38. The molecule has 0 bridgehead atoms. The molecule has 0 atom stereocenters. The molecule has 1 aromatic rings. The predicted molar refractivity (Wildman–Crippen MR) is 61.2 cm³/mol. The molecule has 0 saturated carbocycles. The van der Waals surface area contributed by atoms with Gasteiger partial charge in [0.2, 0.25) is 5.91 Å². The third kappa shape index (κ3) is 3.90. The number of esters is 1. The average molecular weight is 239 g/mol. The van der Waals surface area contributed by atoms with Crippen LogP contribution in [0.4, 0.5) is 0 Å². The van der Waals surface area contributed by atoms with Gasteiger partial charge in [0, 0.05) is 24.2 Å². The molecule has 6 nitrogen and oxygen atoms in total. The van der Waals surface area contributed by atoms with Crippen LogP contribution in [0.5, 0.6) is 0 Å². The maximum Gasteiger partial charge on any atom is 0.306 e. The lowest BCUT2D eigenvalue weighted by Crippen LogP contribution is -2.24. The highest BCUT2D eigenvalue weighted by molar-refractivity contribution is 5.81. The highest BCUT2D eigenvalue weighted by atomic mass is 16.5. The zero-order valence-corrected chi connectivity index (χ0v) is 10.3. The summed E-state index contributed by atoms with van der Waals surface area (Å²) in [6.45, 7) is 4.20. The second-order valence-electron chi connectivity index (χ2n) is 3.77. The fraction of sp³-hybridized carbons (Fsp3) is 0.545. The molecule has 0 aromatic carbocycles. The maximum atomic E-state index is 11.4. The summed E-state index contributed by atoms with van der Waals surface area (Å²) in [5.74, 6) is -0.550. The summed E-state index contributed by atoms with van der Waals surface area (Å²) in [6.07, 6.45) is 0.244. The van der Waals surface area contributed by atoms with Crippen molar-refractivity contribution >= 4 is 11.9 Å². The van der Waals surface area contributed by atoms with Crippen LogP contribution in [-0.2, 0) is 20.9 Å². The van der Waals surface area contributed by atoms with Crippen molar-refractivity contribution in [3.8, 4) is 0 Å². The number of nitrogens with one attached hydrogen (secondary N) is 2. The summed E-state index contributed by atoms with van der Waals surface area (Å²) in [4.78, 5) is 22.3. The lowest BCUT2D eigenvalue weighted by Gasteiger charge is -2.04. The summed E-state index contributed by atoms with van der Waals surface area (Å²) in [6, 6.07) is 0. The van der Waals surface area contributed by atoms with Gasteiger partial charge in [-0.05, 0) is 13.8 Å². The van der Waals surface area contributed by atoms with Crippen molar-refractivity contribution in [3.63, 3.8) is 0 Å². The quantitative estimate of drug-likeness (QED) is 0.737. The SMILES string of the molecule is COC(=O)CCC(=O)NCc1c(C)n[nH]c1C. The number of aryl methyl sites for hydroxylation is 2. The lowest BCUT2D eigenvalue weighted by molar-refractivity contribution is -0.142. The van der Waals surface area contributed by atoms with Crippen molar-refractivity contribution in [3.05, 3.63) is 17.0 Å². The van der Waals surface area contributed by atoms with Gasteiger partial charge in [-0.25, -0.2) is 0 Å². The molecule has 1 amide bonds. The van der Waals surface area contributed by atoms with Crippen LogP contribution in [0, 0.1) is 13.8 Å². The molecule has 2 N–H and O–H groups in total. The Hall–Kier alpha value is -1.85. The Labute approximate surface area is 99.7 Å². The number of aromatic amines is 1. The third-order valence-corrected chi connectivity index (χ3v) is 2.53. The number of H-pyrrole nitrogens is 1. The summed E-state index contributed by atoms with van der Waals surface area (Å²) in [7, 11) is 1.30. The van der Waals surface area contributed by atoms with Gasteiger partial charge in [-0.15, -0.1) is 0 Å². The van der Waals surface area contributed by atoms with E-state index in [-0.39, 0.29) is 24.7 Å². The number of nitrogens with zero attached hydrogens (tertiary/aromatic N) is 1. The van der Waals surface area contributed by atoms with Gasteiger partial charge < -0.3 is 10.1 Å². The van der Waals surface area contributed by atoms with Crippen molar-refractivity contribution in [1.82, 2.24) is 15.5 Å². The minimum Gasteiger partial charge on any atom is -0.469 e. The van der Waals surface area contributed by atoms with Crippen LogP contribution in [0.3, 0.4) is 0 Å². The van der Waals surface area contributed by atoms with Gasteiger partial charge in [0.25, 0.3) is 0 Å². The van der Waals surface area contributed by atoms with Gasteiger partial charge in [-0.1, -0.05) is 0 Å². The minimum absolute atomic E-state index is 0.103. The molecule has 0 aliphatic carbocycles. The zero-order chi connectivity index (χ0) is 12.8. The van der Waals surface area contributed by atoms with Crippen LogP contribution in [0.2, 0.25) is 0 Å². The fourth-order valence-electron chi connectivity index (χ4n) is 1.43. The van der Waals surface area contributed by atoms with Crippen molar-refractivity contribution in [2.24, 2.45) is 0 Å². The van der Waals surface area contributed by atoms with Crippen LogP contribution >= 0.6 is 0 Å². The summed E-state index contributed by atoms with van der Waals surface area (Å²) in [5.41, 5.74) is 2.79. The molecular weight excluding hydrogens is 222 g/mol. The molecule has 1 heterocycles. The van der Waals surface area contributed by atoms with Crippen molar-refractivity contribution < 1.29 is 14.3 Å². The van der Waals surface area contributed by atoms with Gasteiger partial charge in [-0.3, -0.25) is 14.7 Å². The molecule has 0 aliphatic rings. The van der Waals surface area contributed by atoms with Crippen LogP contribution < -0.4 is 5.32 Å². The monoisotopic (exact) mass is 239 g/mol. The number of ether oxygens (including phenoxy) is 1. The Kier molecular flexibility index (Phi) is 4.68. The van der Waals surface area contributed by atoms with E-state index in [0.717, 1.165) is 17.0 Å². The summed E-state index contributed by atoms with van der Waals surface area (Å²) < 4.78 is 4.46. The Balaban J connectivity index is 2.36. The zero-order valence-electron chi connectivity index (χ0n) is 10.3. The van der Waals surface area contributed by atoms with E-state index < -0.39 is 0 Å². The molecule has 0 spiro atoms. The molecule has 0 fully saturated rings. The highest BCUT2D eigenvalue weighted by Crippen LogP contribution is 2.08. The standard InChI is InChI=1S/C11H17N3O3/c1-7-9(8(2)14-13-7)6-12-10(15)4-5-11(16)17-3/h4-6H2,1-3H3,(H,12,15)(H,13,14). The smallest absolute Gasteiger partial charge is 0.306 e. The number of methoxy groups -OCH3 is 1. The number of aromatic nitrogens is 2. The van der Waals surface area contributed by atoms with Crippen LogP contribution in [0.25, 0.3) is 0 Å². The highest BCUT2D eigenvalue weighted by Gasteiger charge is 2.09. The molecule has 6 heteroatoms. The maximum absolute atomic E-state index is 11.4. The van der Waals surface area contributed by atoms with E-state index in [1.54, 1.807) is 0 Å². The fourth-order valence-corrected chi connectivity index (χ4v) is 1.43. The second-order valence-corrected chi connectivity index (χ2v) is 3.77. The first-order valence-electron chi connectivity index (χ1n) is 5.38. The van der Waals surface area contributed by atoms with Crippen molar-refractivity contribution in [1.29, 1.82) is 0 Å². The molecule has 1 aromatic heterocycles. The van der Waals surface area contributed by atoms with Crippen molar-refractivity contribution in [2.45, 2.75) is 33.2 Å². The molecule has 0 radical (unpaired) electrons. The third-order valence-electron chi connectivity index (χ3n) is 2.53. The van der Waals surface area contributed by atoms with E-state index in [1.165, 1.54) is 7.11 Å². The van der Waals surface area contributed by atoms with E-state index >= 15 is 0 Å². The summed E-state index contributed by atoms with van der Waals surface area (Å²) in [5, 5.41) is 9.62. The normalized spacial score (nSPS) is 10.1. The topological polar surface area (TPSA) is 84.1 Å². The van der Waals surface area contributed by atoms with Crippen LogP contribution in [0.15, 0.2) is 0 Å². The van der Waals surface area contributed by atoms with Gasteiger partial charge in [-0.2, -0.15) is 5.10 Å². The number of carbonyl (C=O) groups is 2. The predicted octanol–water partition coefficient (Wildman–Crippen LogP) is 0.596. The van der Waals surface area contributed by atoms with Crippen molar-refractivity contribution in [2.75, 3.05) is 7.11 Å². The van der Waals surface area contributed by atoms with Gasteiger partial charge in [0.05, 0.1) is 19.2 Å². The van der Waals surface area contributed by atoms with Crippen LogP contribution in [0.1, 0.15) is 29.8 Å². The lowest BCUT2D eigenvalue weighted by atomic mass is 10.2. The van der Waals surface area contributed by atoms with Gasteiger partial charge in [0.1, 0.15) is 0 Å². The summed E-state index contributed by atoms with van der Waals surface area (Å²) >= 11 is 0. The molecular formula is C11H17N3O3. The molecule has 0 unspecified atom stereocenters. The largest absolute Gasteiger partial charge is 0.469 e. The number of hydrogen-bond acceptors (Lipinski definition) is 4. The first-order chi connectivity index (χ1) is 8.04. The Morgan fingerprint density at radius 3 is 2.59 bits per heavy atom. The Morgan fingerprint density at radius 2 is 2.06 bits per heavy atom. The van der Waals surface area contributed by atoms with E-state index in [0.29, 0.717) is 6.54 Å². The molecule has 0 aliphatic heterocycles. The molecule has 17 heavy (non-hydrogen) atoms.